The van der Waals surface area contributed by atoms with Gasteiger partial charge in [-0.3, -0.25) is 4.55 Å². The molecule has 6 nitrogen and oxygen atoms in total. The van der Waals surface area contributed by atoms with Crippen molar-refractivity contribution in [1.29, 1.82) is 0 Å². The van der Waals surface area contributed by atoms with Crippen LogP contribution < -0.4 is 5.73 Å². The van der Waals surface area contributed by atoms with Crippen molar-refractivity contribution in [1.82, 2.24) is 0 Å². The first-order valence-corrected chi connectivity index (χ1v) is 6.05. The van der Waals surface area contributed by atoms with Crippen molar-refractivity contribution in [2.45, 2.75) is 5.25 Å². The second-order valence-electron chi connectivity index (χ2n) is 3.42. The summed E-state index contributed by atoms with van der Waals surface area (Å²) in [5, 5.41) is -4.63. The highest BCUT2D eigenvalue weighted by molar-refractivity contribution is 7.86. The molecule has 106 valence electrons. The van der Waals surface area contributed by atoms with E-state index in [0.29, 0.717) is 0 Å². The fraction of sp³-hybridized carbons (Fsp3) is 0.222. The maximum atomic E-state index is 12.8. The lowest BCUT2D eigenvalue weighted by atomic mass is 10.2. The van der Waals surface area contributed by atoms with Crippen LogP contribution in [0.3, 0.4) is 0 Å². The summed E-state index contributed by atoms with van der Waals surface area (Å²) < 4.78 is 71.0. The first kappa shape index (κ1) is 15.2. The van der Waals surface area contributed by atoms with Gasteiger partial charge in [0, 0.05) is 0 Å². The van der Waals surface area contributed by atoms with E-state index in [1.807, 2.05) is 0 Å². The Morgan fingerprint density at radius 2 is 2.00 bits per heavy atom. The van der Waals surface area contributed by atoms with Gasteiger partial charge in [-0.05, 0) is 18.2 Å². The molecule has 0 atom stereocenters. The number of esters is 1. The van der Waals surface area contributed by atoms with Crippen molar-refractivity contribution in [2.24, 2.45) is 0 Å². The summed E-state index contributed by atoms with van der Waals surface area (Å²) in [5.74, 6) is -2.16. The summed E-state index contributed by atoms with van der Waals surface area (Å²) in [6, 6.07) is 2.57. The summed E-state index contributed by atoms with van der Waals surface area (Å²) in [6.45, 7) is -1.87. The highest BCUT2D eigenvalue weighted by Gasteiger charge is 2.45. The molecule has 0 amide bonds. The van der Waals surface area contributed by atoms with Gasteiger partial charge in [0.05, 0.1) is 11.3 Å². The second kappa shape index (κ2) is 5.05. The van der Waals surface area contributed by atoms with E-state index in [9.17, 15) is 26.4 Å². The summed E-state index contributed by atoms with van der Waals surface area (Å²) in [6.07, 6.45) is 0. The van der Waals surface area contributed by atoms with E-state index in [2.05, 4.69) is 4.74 Å². The zero-order valence-electron chi connectivity index (χ0n) is 9.14. The number of halogens is 3. The third-order valence-electron chi connectivity index (χ3n) is 1.98. The van der Waals surface area contributed by atoms with E-state index in [1.165, 1.54) is 0 Å². The number of rotatable bonds is 4. The second-order valence-corrected chi connectivity index (χ2v) is 4.97. The standard InChI is InChI=1S/C9H8F3NO5S/c10-6-2-1-5(3-7(6)13)8(14)18-4-9(11,12)19(15,16)17/h1-3H,4,13H2,(H,15,16,17). The lowest BCUT2D eigenvalue weighted by Crippen LogP contribution is -2.34. The third-order valence-corrected chi connectivity index (χ3v) is 2.85. The molecule has 0 bridgehead atoms. The van der Waals surface area contributed by atoms with E-state index in [-0.39, 0.29) is 5.56 Å². The van der Waals surface area contributed by atoms with Gasteiger partial charge in [0.1, 0.15) is 5.82 Å². The molecule has 0 aromatic heterocycles. The smallest absolute Gasteiger partial charge is 0.402 e. The molecule has 1 aromatic rings. The van der Waals surface area contributed by atoms with Gasteiger partial charge < -0.3 is 10.5 Å². The normalized spacial score (nSPS) is 12.2. The number of carbonyl (C=O) groups excluding carboxylic acids is 1. The van der Waals surface area contributed by atoms with Gasteiger partial charge in [0.15, 0.2) is 6.61 Å². The molecule has 0 unspecified atom stereocenters. The number of ether oxygens (including phenoxy) is 1. The number of nitrogens with two attached hydrogens (primary N) is 1. The molecule has 19 heavy (non-hydrogen) atoms. The fourth-order valence-electron chi connectivity index (χ4n) is 0.978. The summed E-state index contributed by atoms with van der Waals surface area (Å²) >= 11 is 0. The number of hydrogen-bond acceptors (Lipinski definition) is 5. The molecule has 0 aliphatic rings. The van der Waals surface area contributed by atoms with Crippen molar-refractivity contribution in [2.75, 3.05) is 12.3 Å². The average molecular weight is 299 g/mol. The maximum absolute atomic E-state index is 12.8. The van der Waals surface area contributed by atoms with Gasteiger partial charge in [-0.1, -0.05) is 0 Å². The van der Waals surface area contributed by atoms with Gasteiger partial charge >= 0.3 is 21.3 Å². The Hall–Kier alpha value is -1.81. The molecular weight excluding hydrogens is 291 g/mol. The Kier molecular flexibility index (Phi) is 4.06. The predicted octanol–water partition coefficient (Wildman–Crippen LogP) is 1.05. The maximum Gasteiger partial charge on any atom is 0.402 e. The van der Waals surface area contributed by atoms with Crippen LogP contribution in [0.5, 0.6) is 0 Å². The minimum atomic E-state index is -5.69. The minimum absolute atomic E-state index is 0.343. The quantitative estimate of drug-likeness (QED) is 0.489. The SMILES string of the molecule is Nc1cc(C(=O)OCC(F)(F)S(=O)(=O)O)ccc1F. The molecule has 3 N–H and O–H groups in total. The van der Waals surface area contributed by atoms with E-state index < -0.39 is 39.5 Å². The highest BCUT2D eigenvalue weighted by Crippen LogP contribution is 2.21. The van der Waals surface area contributed by atoms with Crippen molar-refractivity contribution < 1.29 is 35.7 Å². The van der Waals surface area contributed by atoms with Crippen molar-refractivity contribution in [3.05, 3.63) is 29.6 Å². The topological polar surface area (TPSA) is 107 Å². The molecule has 0 saturated heterocycles. The van der Waals surface area contributed by atoms with Crippen molar-refractivity contribution >= 4 is 21.8 Å². The molecule has 1 aromatic carbocycles. The Bertz CT molecular complexity index is 602. The van der Waals surface area contributed by atoms with Crippen LogP contribution in [0.4, 0.5) is 18.9 Å². The van der Waals surface area contributed by atoms with E-state index in [4.69, 9.17) is 10.3 Å². The van der Waals surface area contributed by atoms with Crippen LogP contribution >= 0.6 is 0 Å². The zero-order valence-corrected chi connectivity index (χ0v) is 9.96. The molecule has 0 spiro atoms. The lowest BCUT2D eigenvalue weighted by Gasteiger charge is -2.13. The zero-order chi connectivity index (χ0) is 14.8. The molecule has 0 fully saturated rings. The Labute approximate surface area is 105 Å². The van der Waals surface area contributed by atoms with Crippen LogP contribution in [0.15, 0.2) is 18.2 Å². The molecule has 0 aliphatic heterocycles. The average Bonchev–Trinajstić information content (AvgIpc) is 2.28. The lowest BCUT2D eigenvalue weighted by molar-refractivity contribution is -0.00950. The summed E-state index contributed by atoms with van der Waals surface area (Å²) in [7, 11) is -5.69. The first-order chi connectivity index (χ1) is 8.54. The number of hydrogen-bond donors (Lipinski definition) is 2. The largest absolute Gasteiger partial charge is 0.454 e. The van der Waals surface area contributed by atoms with E-state index >= 15 is 0 Å². The van der Waals surface area contributed by atoms with Gasteiger partial charge in [-0.2, -0.15) is 17.2 Å². The Morgan fingerprint density at radius 3 is 2.47 bits per heavy atom. The van der Waals surface area contributed by atoms with Gasteiger partial charge in [-0.25, -0.2) is 9.18 Å². The number of alkyl halides is 2. The van der Waals surface area contributed by atoms with Gasteiger partial charge in [-0.15, -0.1) is 0 Å². The molecule has 10 heteroatoms. The van der Waals surface area contributed by atoms with Crippen LogP contribution in [0.1, 0.15) is 10.4 Å². The predicted molar refractivity (Wildman–Crippen MR) is 57.6 cm³/mol. The Morgan fingerprint density at radius 1 is 1.42 bits per heavy atom. The van der Waals surface area contributed by atoms with Crippen LogP contribution in [0.25, 0.3) is 0 Å². The van der Waals surface area contributed by atoms with Crippen LogP contribution in [0, 0.1) is 5.82 Å². The number of benzene rings is 1. The molecular formula is C9H8F3NO5S. The number of anilines is 1. The third kappa shape index (κ3) is 3.58. The van der Waals surface area contributed by atoms with Crippen LogP contribution in [0.2, 0.25) is 0 Å². The molecule has 0 radical (unpaired) electrons. The number of carbonyl (C=O) groups is 1. The minimum Gasteiger partial charge on any atom is -0.454 e. The highest BCUT2D eigenvalue weighted by atomic mass is 32.2. The first-order valence-electron chi connectivity index (χ1n) is 4.61. The molecule has 0 aliphatic carbocycles. The van der Waals surface area contributed by atoms with Crippen molar-refractivity contribution in [3.8, 4) is 0 Å². The monoisotopic (exact) mass is 299 g/mol. The molecule has 0 heterocycles. The van der Waals surface area contributed by atoms with Crippen LogP contribution in [-0.4, -0.2) is 30.8 Å². The summed E-state index contributed by atoms with van der Waals surface area (Å²) in [5.41, 5.74) is 4.39. The van der Waals surface area contributed by atoms with Crippen LogP contribution in [-0.2, 0) is 14.9 Å². The number of nitrogen functional groups attached to an aromatic ring is 1. The summed E-state index contributed by atoms with van der Waals surface area (Å²) in [4.78, 5) is 11.3. The van der Waals surface area contributed by atoms with Gasteiger partial charge in [0.25, 0.3) is 0 Å². The van der Waals surface area contributed by atoms with E-state index in [1.54, 1.807) is 0 Å². The van der Waals surface area contributed by atoms with Gasteiger partial charge in [0.2, 0.25) is 0 Å². The molecule has 0 saturated carbocycles. The van der Waals surface area contributed by atoms with Crippen molar-refractivity contribution in [3.63, 3.8) is 0 Å². The van der Waals surface area contributed by atoms with E-state index in [0.717, 1.165) is 18.2 Å². The molecule has 1 rings (SSSR count). The fourth-order valence-corrected chi connectivity index (χ4v) is 1.19. The Balaban J connectivity index is 2.79.